The molecule has 2 saturated heterocycles. The van der Waals surface area contributed by atoms with E-state index >= 15 is 0 Å². The maximum absolute atomic E-state index is 13.2. The second kappa shape index (κ2) is 7.43. The number of nitrogens with zero attached hydrogens (tertiary/aromatic N) is 2. The number of amides is 1. The highest BCUT2D eigenvalue weighted by atomic mass is 19.1. The highest BCUT2D eigenvalue weighted by Crippen LogP contribution is 2.34. The van der Waals surface area contributed by atoms with Crippen LogP contribution in [-0.4, -0.2) is 48.4 Å². The smallest absolute Gasteiger partial charge is 0.222 e. The lowest BCUT2D eigenvalue weighted by molar-refractivity contribution is -0.130. The van der Waals surface area contributed by atoms with Crippen LogP contribution in [0.4, 0.5) is 4.39 Å². The van der Waals surface area contributed by atoms with E-state index in [-0.39, 0.29) is 11.7 Å². The second-order valence-corrected chi connectivity index (χ2v) is 6.93. The molecule has 0 spiro atoms. The maximum Gasteiger partial charge on any atom is 0.222 e. The van der Waals surface area contributed by atoms with Gasteiger partial charge in [0.15, 0.2) is 0 Å². The summed E-state index contributed by atoms with van der Waals surface area (Å²) in [6, 6.07) is 6.86. The van der Waals surface area contributed by atoms with E-state index in [9.17, 15) is 9.18 Å². The summed E-state index contributed by atoms with van der Waals surface area (Å²) in [5.74, 6) is 0.821. The summed E-state index contributed by atoms with van der Waals surface area (Å²) in [5, 5.41) is 0. The van der Waals surface area contributed by atoms with E-state index in [1.165, 1.54) is 50.0 Å². The van der Waals surface area contributed by atoms with Crippen molar-refractivity contribution in [1.29, 1.82) is 0 Å². The van der Waals surface area contributed by atoms with Crippen LogP contribution in [0.5, 0.6) is 0 Å². The molecule has 23 heavy (non-hydrogen) atoms. The van der Waals surface area contributed by atoms with Crippen molar-refractivity contribution < 1.29 is 9.18 Å². The van der Waals surface area contributed by atoms with Gasteiger partial charge in [-0.15, -0.1) is 0 Å². The molecular weight excluding hydrogens is 291 g/mol. The molecule has 3 nitrogen and oxygen atoms in total. The molecule has 0 bridgehead atoms. The van der Waals surface area contributed by atoms with Crippen molar-refractivity contribution in [1.82, 2.24) is 9.80 Å². The zero-order chi connectivity index (χ0) is 16.2. The molecule has 2 aliphatic heterocycles. The third-order valence-electron chi connectivity index (χ3n) is 5.34. The van der Waals surface area contributed by atoms with E-state index in [0.717, 1.165) is 19.6 Å². The van der Waals surface area contributed by atoms with Gasteiger partial charge in [-0.3, -0.25) is 4.79 Å². The molecule has 0 radical (unpaired) electrons. The fourth-order valence-electron chi connectivity index (χ4n) is 4.04. The van der Waals surface area contributed by atoms with Crippen molar-refractivity contribution >= 4 is 5.91 Å². The first-order valence-electron chi connectivity index (χ1n) is 8.93. The molecule has 1 aromatic carbocycles. The Morgan fingerprint density at radius 2 is 1.83 bits per heavy atom. The van der Waals surface area contributed by atoms with E-state index in [1.807, 2.05) is 24.0 Å². The van der Waals surface area contributed by atoms with Crippen LogP contribution in [0.15, 0.2) is 24.3 Å². The van der Waals surface area contributed by atoms with Gasteiger partial charge in [0.1, 0.15) is 5.82 Å². The Labute approximate surface area is 138 Å². The fourth-order valence-corrected chi connectivity index (χ4v) is 4.04. The molecule has 1 amide bonds. The van der Waals surface area contributed by atoms with Gasteiger partial charge in [-0.05, 0) is 49.5 Å². The number of likely N-dealkylation sites (tertiary alicyclic amines) is 2. The monoisotopic (exact) mass is 318 g/mol. The number of rotatable bonds is 4. The van der Waals surface area contributed by atoms with Crippen molar-refractivity contribution in [2.75, 3.05) is 32.7 Å². The third kappa shape index (κ3) is 3.92. The van der Waals surface area contributed by atoms with Gasteiger partial charge in [0, 0.05) is 32.0 Å². The van der Waals surface area contributed by atoms with Gasteiger partial charge < -0.3 is 9.80 Å². The van der Waals surface area contributed by atoms with Crippen LogP contribution in [0.3, 0.4) is 0 Å². The van der Waals surface area contributed by atoms with Crippen molar-refractivity contribution in [2.24, 2.45) is 5.92 Å². The molecule has 2 atom stereocenters. The Morgan fingerprint density at radius 1 is 1.13 bits per heavy atom. The summed E-state index contributed by atoms with van der Waals surface area (Å²) in [6.07, 6.45) is 4.46. The lowest BCUT2D eigenvalue weighted by Gasteiger charge is -2.31. The van der Waals surface area contributed by atoms with E-state index in [4.69, 9.17) is 0 Å². The van der Waals surface area contributed by atoms with Crippen molar-refractivity contribution in [3.05, 3.63) is 35.6 Å². The van der Waals surface area contributed by atoms with Gasteiger partial charge in [0.2, 0.25) is 5.91 Å². The lowest BCUT2D eigenvalue weighted by atomic mass is 9.88. The maximum atomic E-state index is 13.2. The second-order valence-electron chi connectivity index (χ2n) is 6.93. The predicted molar refractivity (Wildman–Crippen MR) is 89.8 cm³/mol. The Morgan fingerprint density at radius 3 is 2.48 bits per heavy atom. The normalized spacial score (nSPS) is 25.7. The summed E-state index contributed by atoms with van der Waals surface area (Å²) < 4.78 is 13.2. The van der Waals surface area contributed by atoms with Gasteiger partial charge in [0.05, 0.1) is 0 Å². The van der Waals surface area contributed by atoms with Crippen molar-refractivity contribution in [3.63, 3.8) is 0 Å². The molecule has 2 aliphatic rings. The molecule has 2 unspecified atom stereocenters. The molecule has 126 valence electrons. The lowest BCUT2D eigenvalue weighted by Crippen LogP contribution is -2.36. The fraction of sp³-hybridized carbons (Fsp3) is 0.632. The molecular formula is C19H27FN2O. The number of hydrogen-bond donors (Lipinski definition) is 0. The summed E-state index contributed by atoms with van der Waals surface area (Å²) in [6.45, 7) is 6.94. The first-order valence-corrected chi connectivity index (χ1v) is 8.93. The number of halogens is 1. The summed E-state index contributed by atoms with van der Waals surface area (Å²) in [4.78, 5) is 16.7. The topological polar surface area (TPSA) is 23.6 Å². The molecule has 4 heteroatoms. The molecule has 0 aromatic heterocycles. The summed E-state index contributed by atoms with van der Waals surface area (Å²) >= 11 is 0. The highest BCUT2D eigenvalue weighted by Gasteiger charge is 2.36. The first kappa shape index (κ1) is 16.4. The van der Waals surface area contributed by atoms with E-state index in [2.05, 4.69) is 4.90 Å². The third-order valence-corrected chi connectivity index (χ3v) is 5.34. The highest BCUT2D eigenvalue weighted by molar-refractivity contribution is 5.76. The number of hydrogen-bond acceptors (Lipinski definition) is 2. The molecule has 1 aromatic rings. The van der Waals surface area contributed by atoms with Gasteiger partial charge in [-0.25, -0.2) is 4.39 Å². The van der Waals surface area contributed by atoms with Crippen LogP contribution >= 0.6 is 0 Å². The number of carbonyl (C=O) groups is 1. The van der Waals surface area contributed by atoms with Gasteiger partial charge in [-0.2, -0.15) is 0 Å². The van der Waals surface area contributed by atoms with Crippen LogP contribution < -0.4 is 0 Å². The Kier molecular flexibility index (Phi) is 5.31. The Balaban J connectivity index is 1.74. The minimum Gasteiger partial charge on any atom is -0.342 e. The molecule has 3 rings (SSSR count). The number of benzene rings is 1. The summed E-state index contributed by atoms with van der Waals surface area (Å²) in [5.41, 5.74) is 1.17. The standard InChI is InChI=1S/C19H27FN2O/c1-2-19(23)22-13-16(12-21-10-4-3-5-11-21)18(14-22)15-6-8-17(20)9-7-15/h6-9,16,18H,2-5,10-14H2,1H3. The van der Waals surface area contributed by atoms with Crippen LogP contribution in [0.2, 0.25) is 0 Å². The van der Waals surface area contributed by atoms with Gasteiger partial charge in [0.25, 0.3) is 0 Å². The molecule has 0 N–H and O–H groups in total. The van der Waals surface area contributed by atoms with E-state index < -0.39 is 0 Å². The zero-order valence-corrected chi connectivity index (χ0v) is 14.0. The number of carbonyl (C=O) groups excluding carboxylic acids is 1. The van der Waals surface area contributed by atoms with Crippen LogP contribution in [-0.2, 0) is 4.79 Å². The van der Waals surface area contributed by atoms with Crippen LogP contribution in [0.25, 0.3) is 0 Å². The number of piperidine rings is 1. The van der Waals surface area contributed by atoms with Crippen molar-refractivity contribution in [3.8, 4) is 0 Å². The molecule has 0 saturated carbocycles. The van der Waals surface area contributed by atoms with E-state index in [0.29, 0.717) is 18.3 Å². The van der Waals surface area contributed by atoms with Crippen LogP contribution in [0.1, 0.15) is 44.1 Å². The average Bonchev–Trinajstić information content (AvgIpc) is 2.99. The van der Waals surface area contributed by atoms with E-state index in [1.54, 1.807) is 0 Å². The van der Waals surface area contributed by atoms with Gasteiger partial charge >= 0.3 is 0 Å². The predicted octanol–water partition coefficient (Wildman–Crippen LogP) is 3.26. The Bertz CT molecular complexity index is 525. The quantitative estimate of drug-likeness (QED) is 0.851. The first-order chi connectivity index (χ1) is 11.2. The minimum absolute atomic E-state index is 0.194. The van der Waals surface area contributed by atoms with Gasteiger partial charge in [-0.1, -0.05) is 25.5 Å². The Hall–Kier alpha value is -1.42. The van der Waals surface area contributed by atoms with Crippen molar-refractivity contribution in [2.45, 2.75) is 38.5 Å². The van der Waals surface area contributed by atoms with Crippen LogP contribution in [0, 0.1) is 11.7 Å². The zero-order valence-electron chi connectivity index (χ0n) is 14.0. The molecule has 2 heterocycles. The minimum atomic E-state index is -0.194. The molecule has 0 aliphatic carbocycles. The summed E-state index contributed by atoms with van der Waals surface area (Å²) in [7, 11) is 0. The SMILES string of the molecule is CCC(=O)N1CC(CN2CCCCC2)C(c2ccc(F)cc2)C1. The largest absolute Gasteiger partial charge is 0.342 e. The molecule has 2 fully saturated rings. The average molecular weight is 318 g/mol.